The Morgan fingerprint density at radius 2 is 2.00 bits per heavy atom. The lowest BCUT2D eigenvalue weighted by Gasteiger charge is -2.26. The summed E-state index contributed by atoms with van der Waals surface area (Å²) in [7, 11) is 0. The Morgan fingerprint density at radius 1 is 1.18 bits per heavy atom. The number of hydrogen-bond donors (Lipinski definition) is 2. The smallest absolute Gasteiger partial charge is 0.225 e. The first-order valence-corrected chi connectivity index (χ1v) is 12.1. The maximum absolute atomic E-state index is 12.9. The largest absolute Gasteiger partial charge is 0.357 e. The van der Waals surface area contributed by atoms with Gasteiger partial charge in [-0.2, -0.15) is 0 Å². The van der Waals surface area contributed by atoms with Crippen molar-refractivity contribution < 1.29 is 4.79 Å². The van der Waals surface area contributed by atoms with E-state index in [0.717, 1.165) is 51.4 Å². The number of rotatable bonds is 7. The Kier molecular flexibility index (Phi) is 10.0. The highest BCUT2D eigenvalue weighted by atomic mass is 127. The van der Waals surface area contributed by atoms with Gasteiger partial charge >= 0.3 is 0 Å². The summed E-state index contributed by atoms with van der Waals surface area (Å²) < 4.78 is 2.06. The van der Waals surface area contributed by atoms with Crippen molar-refractivity contribution in [3.05, 3.63) is 54.1 Å². The summed E-state index contributed by atoms with van der Waals surface area (Å²) in [5.74, 6) is 1.44. The molecule has 0 radical (unpaired) electrons. The van der Waals surface area contributed by atoms with Crippen LogP contribution in [0.5, 0.6) is 0 Å². The molecule has 1 saturated carbocycles. The molecule has 1 aliphatic heterocycles. The number of guanidine groups is 1. The summed E-state index contributed by atoms with van der Waals surface area (Å²) in [4.78, 5) is 23.9. The first-order valence-electron chi connectivity index (χ1n) is 12.1. The predicted molar refractivity (Wildman–Crippen MR) is 143 cm³/mol. The molecule has 1 aromatic carbocycles. The number of hydrogen-bond acceptors (Lipinski definition) is 3. The lowest BCUT2D eigenvalue weighted by atomic mass is 9.88. The van der Waals surface area contributed by atoms with E-state index in [4.69, 9.17) is 4.99 Å². The Bertz CT molecular complexity index is 894. The van der Waals surface area contributed by atoms with Crippen LogP contribution in [0, 0.1) is 5.92 Å². The molecule has 1 amide bonds. The van der Waals surface area contributed by atoms with E-state index in [0.29, 0.717) is 12.5 Å². The Hall–Kier alpha value is -2.10. The summed E-state index contributed by atoms with van der Waals surface area (Å²) in [6, 6.07) is 8.79. The number of carbonyl (C=O) groups excluding carboxylic acids is 1. The zero-order valence-electron chi connectivity index (χ0n) is 19.6. The van der Waals surface area contributed by atoms with Gasteiger partial charge in [0.25, 0.3) is 0 Å². The fourth-order valence-corrected chi connectivity index (χ4v) is 4.79. The third kappa shape index (κ3) is 7.45. The van der Waals surface area contributed by atoms with Crippen LogP contribution in [0.4, 0.5) is 0 Å². The monoisotopic (exact) mass is 564 g/mol. The van der Waals surface area contributed by atoms with Gasteiger partial charge < -0.3 is 20.1 Å². The van der Waals surface area contributed by atoms with Crippen molar-refractivity contribution in [2.45, 2.75) is 64.6 Å². The average molecular weight is 565 g/mol. The molecular formula is C25H37IN6O. The van der Waals surface area contributed by atoms with Crippen molar-refractivity contribution in [3.63, 3.8) is 0 Å². The first kappa shape index (κ1) is 25.5. The van der Waals surface area contributed by atoms with Gasteiger partial charge in [0.2, 0.25) is 5.91 Å². The third-order valence-corrected chi connectivity index (χ3v) is 6.47. The maximum atomic E-state index is 12.9. The van der Waals surface area contributed by atoms with Crippen LogP contribution < -0.4 is 10.6 Å². The highest BCUT2D eigenvalue weighted by Crippen LogP contribution is 2.26. The van der Waals surface area contributed by atoms with Crippen LogP contribution in [0.25, 0.3) is 0 Å². The van der Waals surface area contributed by atoms with E-state index >= 15 is 0 Å². The van der Waals surface area contributed by atoms with Crippen LogP contribution in [-0.4, -0.2) is 52.0 Å². The van der Waals surface area contributed by atoms with E-state index in [2.05, 4.69) is 56.3 Å². The Labute approximate surface area is 214 Å². The minimum Gasteiger partial charge on any atom is -0.357 e. The maximum Gasteiger partial charge on any atom is 0.225 e. The summed E-state index contributed by atoms with van der Waals surface area (Å²) in [5.41, 5.74) is 2.42. The van der Waals surface area contributed by atoms with Gasteiger partial charge in [0.15, 0.2) is 5.96 Å². The molecule has 2 heterocycles. The average Bonchev–Trinajstić information content (AvgIpc) is 3.50. The van der Waals surface area contributed by atoms with E-state index in [-0.39, 0.29) is 35.9 Å². The van der Waals surface area contributed by atoms with Crippen LogP contribution in [0.3, 0.4) is 0 Å². The summed E-state index contributed by atoms with van der Waals surface area (Å²) in [5, 5.41) is 6.92. The molecule has 1 saturated heterocycles. The fourth-order valence-electron chi connectivity index (χ4n) is 4.79. The van der Waals surface area contributed by atoms with E-state index in [1.54, 1.807) is 6.20 Å². The highest BCUT2D eigenvalue weighted by molar-refractivity contribution is 14.0. The topological polar surface area (TPSA) is 74.6 Å². The number of aromatic nitrogens is 2. The Morgan fingerprint density at radius 3 is 2.76 bits per heavy atom. The Balaban J connectivity index is 0.00000306. The molecule has 0 spiro atoms. The van der Waals surface area contributed by atoms with Gasteiger partial charge in [-0.25, -0.2) is 9.98 Å². The van der Waals surface area contributed by atoms with Crippen LogP contribution >= 0.6 is 24.0 Å². The SMILES string of the molecule is CCNC(=NCc1cccc(Cn2ccnc2)c1)NC1CCN(C(=O)C2CCCCC2)C1.I. The molecule has 1 atom stereocenters. The minimum absolute atomic E-state index is 0. The molecule has 4 rings (SSSR count). The summed E-state index contributed by atoms with van der Waals surface area (Å²) >= 11 is 0. The first-order chi connectivity index (χ1) is 15.7. The normalized spacial score (nSPS) is 19.2. The van der Waals surface area contributed by atoms with Crippen LogP contribution in [0.1, 0.15) is 56.6 Å². The minimum atomic E-state index is 0. The molecule has 2 N–H and O–H groups in total. The number of halogens is 1. The molecule has 1 aliphatic carbocycles. The van der Waals surface area contributed by atoms with Crippen molar-refractivity contribution in [1.82, 2.24) is 25.1 Å². The van der Waals surface area contributed by atoms with Gasteiger partial charge in [-0.05, 0) is 37.3 Å². The highest BCUT2D eigenvalue weighted by Gasteiger charge is 2.31. The molecule has 33 heavy (non-hydrogen) atoms. The molecule has 2 fully saturated rings. The molecular weight excluding hydrogens is 527 g/mol. The molecule has 1 aromatic heterocycles. The number of amides is 1. The van der Waals surface area contributed by atoms with Gasteiger partial charge in [0.05, 0.1) is 12.9 Å². The third-order valence-electron chi connectivity index (χ3n) is 6.47. The summed E-state index contributed by atoms with van der Waals surface area (Å²) in [6.45, 7) is 5.94. The van der Waals surface area contributed by atoms with Crippen LogP contribution in [0.2, 0.25) is 0 Å². The van der Waals surface area contributed by atoms with E-state index in [1.165, 1.54) is 30.4 Å². The number of carbonyl (C=O) groups is 1. The fraction of sp³-hybridized carbons (Fsp3) is 0.560. The number of imidazole rings is 1. The van der Waals surface area contributed by atoms with Gasteiger partial charge in [-0.1, -0.05) is 43.5 Å². The molecule has 1 unspecified atom stereocenters. The predicted octanol–water partition coefficient (Wildman–Crippen LogP) is 3.79. The second-order valence-electron chi connectivity index (χ2n) is 9.00. The van der Waals surface area contributed by atoms with Crippen LogP contribution in [-0.2, 0) is 17.9 Å². The van der Waals surface area contributed by atoms with Crippen molar-refractivity contribution in [2.24, 2.45) is 10.9 Å². The molecule has 0 bridgehead atoms. The van der Waals surface area contributed by atoms with E-state index in [1.807, 2.05) is 12.5 Å². The number of benzene rings is 1. The molecule has 180 valence electrons. The lowest BCUT2D eigenvalue weighted by molar-refractivity contribution is -0.135. The zero-order chi connectivity index (χ0) is 22.2. The lowest BCUT2D eigenvalue weighted by Crippen LogP contribution is -2.45. The molecule has 7 nitrogen and oxygen atoms in total. The van der Waals surface area contributed by atoms with Crippen molar-refractivity contribution in [3.8, 4) is 0 Å². The van der Waals surface area contributed by atoms with Gasteiger partial charge in [0, 0.05) is 50.5 Å². The van der Waals surface area contributed by atoms with Crippen LogP contribution in [0.15, 0.2) is 48.0 Å². The van der Waals surface area contributed by atoms with E-state index < -0.39 is 0 Å². The standard InChI is InChI=1S/C25H36N6O.HI/c1-2-27-25(28-16-20-7-6-8-21(15-20)17-30-14-12-26-19-30)29-23-11-13-31(18-23)24(32)22-9-4-3-5-10-22;/h6-8,12,14-15,19,22-23H,2-5,9-11,13,16-18H2,1H3,(H2,27,28,29);1H. The van der Waals surface area contributed by atoms with Crippen molar-refractivity contribution >= 4 is 35.8 Å². The van der Waals surface area contributed by atoms with Gasteiger partial charge in [-0.15, -0.1) is 24.0 Å². The number of nitrogens with zero attached hydrogens (tertiary/aromatic N) is 4. The van der Waals surface area contributed by atoms with Crippen molar-refractivity contribution in [1.29, 1.82) is 0 Å². The van der Waals surface area contributed by atoms with Crippen molar-refractivity contribution in [2.75, 3.05) is 19.6 Å². The molecule has 2 aromatic rings. The number of nitrogens with one attached hydrogen (secondary N) is 2. The second kappa shape index (κ2) is 13.0. The summed E-state index contributed by atoms with van der Waals surface area (Å²) in [6.07, 6.45) is 12.4. The number of aliphatic imine (C=N–C) groups is 1. The zero-order valence-corrected chi connectivity index (χ0v) is 21.9. The van der Waals surface area contributed by atoms with Gasteiger partial charge in [-0.3, -0.25) is 4.79 Å². The second-order valence-corrected chi connectivity index (χ2v) is 9.00. The number of likely N-dealkylation sites (tertiary alicyclic amines) is 1. The quantitative estimate of drug-likeness (QED) is 0.305. The van der Waals surface area contributed by atoms with Gasteiger partial charge in [0.1, 0.15) is 0 Å². The molecule has 2 aliphatic rings. The van der Waals surface area contributed by atoms with E-state index in [9.17, 15) is 4.79 Å². The molecule has 8 heteroatoms.